The molecule has 5 nitrogen and oxygen atoms in total. The molecule has 0 aliphatic carbocycles. The Balaban J connectivity index is 2.32. The molecule has 0 aromatic carbocycles. The minimum absolute atomic E-state index is 0.449. The number of rotatable bonds is 4. The summed E-state index contributed by atoms with van der Waals surface area (Å²) >= 11 is 2.24. The molecule has 6 heteroatoms. The molecule has 1 aliphatic rings. The zero-order valence-corrected chi connectivity index (χ0v) is 13.3. The molecule has 1 fully saturated rings. The highest BCUT2D eigenvalue weighted by Crippen LogP contribution is 2.29. The summed E-state index contributed by atoms with van der Waals surface area (Å²) in [5.41, 5.74) is 1.01. The van der Waals surface area contributed by atoms with Crippen LogP contribution in [0.15, 0.2) is 6.33 Å². The minimum atomic E-state index is -0.766. The minimum Gasteiger partial charge on any atom is -0.480 e. The maximum absolute atomic E-state index is 11.3. The fourth-order valence-electron chi connectivity index (χ4n) is 2.40. The van der Waals surface area contributed by atoms with E-state index in [0.29, 0.717) is 12.3 Å². The van der Waals surface area contributed by atoms with Gasteiger partial charge >= 0.3 is 5.97 Å². The van der Waals surface area contributed by atoms with Crippen LogP contribution in [0.4, 0.5) is 5.82 Å². The first-order chi connectivity index (χ1) is 9.00. The summed E-state index contributed by atoms with van der Waals surface area (Å²) in [7, 11) is 0. The van der Waals surface area contributed by atoms with Crippen LogP contribution in [0.3, 0.4) is 0 Å². The molecule has 1 N–H and O–H groups in total. The Hall–Kier alpha value is -0.920. The van der Waals surface area contributed by atoms with Crippen molar-refractivity contribution in [1.82, 2.24) is 9.97 Å². The number of halogens is 1. The second-order valence-corrected chi connectivity index (χ2v) is 6.32. The standard InChI is InChI=1S/C13H18IN3O2/c1-8(2)6-9-11(14)12(16-7-15-9)17-5-3-4-10(17)13(18)19/h7-8,10H,3-6H2,1-2H3,(H,18,19). The van der Waals surface area contributed by atoms with Gasteiger partial charge in [0.25, 0.3) is 0 Å². The van der Waals surface area contributed by atoms with E-state index in [1.54, 1.807) is 6.33 Å². The third kappa shape index (κ3) is 3.16. The smallest absolute Gasteiger partial charge is 0.326 e. The predicted octanol–water partition coefficient (Wildman–Crippen LogP) is 2.33. The number of hydrogen-bond donors (Lipinski definition) is 1. The van der Waals surface area contributed by atoms with Crippen LogP contribution in [0, 0.1) is 9.49 Å². The molecule has 104 valence electrons. The van der Waals surface area contributed by atoms with Crippen LogP contribution < -0.4 is 4.90 Å². The van der Waals surface area contributed by atoms with Gasteiger partial charge in [-0.2, -0.15) is 0 Å². The number of aliphatic carboxylic acids is 1. The molecule has 1 aliphatic heterocycles. The van der Waals surface area contributed by atoms with Crippen LogP contribution in [-0.2, 0) is 11.2 Å². The lowest BCUT2D eigenvalue weighted by Crippen LogP contribution is -2.37. The zero-order chi connectivity index (χ0) is 14.0. The van der Waals surface area contributed by atoms with E-state index in [1.807, 2.05) is 4.90 Å². The topological polar surface area (TPSA) is 66.3 Å². The summed E-state index contributed by atoms with van der Waals surface area (Å²) in [4.78, 5) is 21.8. The lowest BCUT2D eigenvalue weighted by Gasteiger charge is -2.24. The number of nitrogens with zero attached hydrogens (tertiary/aromatic N) is 3. The summed E-state index contributed by atoms with van der Waals surface area (Å²) < 4.78 is 0.988. The fraction of sp³-hybridized carbons (Fsp3) is 0.615. The zero-order valence-electron chi connectivity index (χ0n) is 11.1. The van der Waals surface area contributed by atoms with E-state index < -0.39 is 12.0 Å². The van der Waals surface area contributed by atoms with Crippen molar-refractivity contribution in [1.29, 1.82) is 0 Å². The van der Waals surface area contributed by atoms with E-state index in [-0.39, 0.29) is 0 Å². The van der Waals surface area contributed by atoms with E-state index in [2.05, 4.69) is 46.4 Å². The van der Waals surface area contributed by atoms with Crippen LogP contribution >= 0.6 is 22.6 Å². The van der Waals surface area contributed by atoms with Crippen molar-refractivity contribution in [3.8, 4) is 0 Å². The van der Waals surface area contributed by atoms with E-state index in [9.17, 15) is 9.90 Å². The molecular weight excluding hydrogens is 357 g/mol. The highest BCUT2D eigenvalue weighted by molar-refractivity contribution is 14.1. The molecular formula is C13H18IN3O2. The van der Waals surface area contributed by atoms with Crippen molar-refractivity contribution in [3.63, 3.8) is 0 Å². The highest BCUT2D eigenvalue weighted by Gasteiger charge is 2.33. The van der Waals surface area contributed by atoms with Gasteiger partial charge in [-0.3, -0.25) is 0 Å². The Morgan fingerprint density at radius 3 is 2.95 bits per heavy atom. The number of aromatic nitrogens is 2. The summed E-state index contributed by atoms with van der Waals surface area (Å²) in [6, 6.07) is -0.449. The predicted molar refractivity (Wildman–Crippen MR) is 81.3 cm³/mol. The van der Waals surface area contributed by atoms with E-state index in [1.165, 1.54) is 0 Å². The Morgan fingerprint density at radius 2 is 2.32 bits per heavy atom. The first-order valence-corrected chi connectivity index (χ1v) is 7.57. The number of carboxylic acid groups (broad SMARTS) is 1. The molecule has 2 rings (SSSR count). The normalized spacial score (nSPS) is 19.2. The monoisotopic (exact) mass is 375 g/mol. The number of hydrogen-bond acceptors (Lipinski definition) is 4. The summed E-state index contributed by atoms with van der Waals surface area (Å²) in [6.45, 7) is 5.05. The van der Waals surface area contributed by atoms with Gasteiger partial charge < -0.3 is 10.0 Å². The molecule has 0 saturated carbocycles. The van der Waals surface area contributed by atoms with Crippen LogP contribution in [0.2, 0.25) is 0 Å². The number of carbonyl (C=O) groups is 1. The highest BCUT2D eigenvalue weighted by atomic mass is 127. The third-order valence-corrected chi connectivity index (χ3v) is 4.36. The fourth-order valence-corrected chi connectivity index (χ4v) is 3.21. The molecule has 0 amide bonds. The van der Waals surface area contributed by atoms with Gasteiger partial charge in [-0.15, -0.1) is 0 Å². The summed E-state index contributed by atoms with van der Waals surface area (Å²) in [5.74, 6) is 0.526. The molecule has 1 atom stereocenters. The largest absolute Gasteiger partial charge is 0.480 e. The molecule has 1 unspecified atom stereocenters. The van der Waals surface area contributed by atoms with Gasteiger partial charge in [-0.25, -0.2) is 14.8 Å². The van der Waals surface area contributed by atoms with Crippen LogP contribution in [-0.4, -0.2) is 33.6 Å². The molecule has 0 spiro atoms. The summed E-state index contributed by atoms with van der Waals surface area (Å²) in [5, 5.41) is 9.26. The average molecular weight is 375 g/mol. The van der Waals surface area contributed by atoms with Gasteiger partial charge in [0.1, 0.15) is 18.2 Å². The quantitative estimate of drug-likeness (QED) is 0.819. The lowest BCUT2D eigenvalue weighted by molar-refractivity contribution is -0.138. The molecule has 0 bridgehead atoms. The van der Waals surface area contributed by atoms with Gasteiger partial charge in [0.2, 0.25) is 0 Å². The van der Waals surface area contributed by atoms with Crippen molar-refractivity contribution < 1.29 is 9.90 Å². The maximum Gasteiger partial charge on any atom is 0.326 e. The second kappa shape index (κ2) is 6.02. The third-order valence-electron chi connectivity index (χ3n) is 3.25. The van der Waals surface area contributed by atoms with Crippen LogP contribution in [0.1, 0.15) is 32.4 Å². The van der Waals surface area contributed by atoms with E-state index >= 15 is 0 Å². The van der Waals surface area contributed by atoms with Gasteiger partial charge in [-0.1, -0.05) is 13.8 Å². The number of anilines is 1. The van der Waals surface area contributed by atoms with Crippen molar-refractivity contribution in [2.24, 2.45) is 5.92 Å². The molecule has 1 saturated heterocycles. The molecule has 2 heterocycles. The Kier molecular flexibility index (Phi) is 4.59. The molecule has 1 aromatic heterocycles. The number of carboxylic acids is 1. The van der Waals surface area contributed by atoms with Crippen LogP contribution in [0.5, 0.6) is 0 Å². The summed E-state index contributed by atoms with van der Waals surface area (Å²) in [6.07, 6.45) is 4.03. The molecule has 0 radical (unpaired) electrons. The van der Waals surface area contributed by atoms with Crippen molar-refractivity contribution in [2.75, 3.05) is 11.4 Å². The van der Waals surface area contributed by atoms with Gasteiger partial charge in [0.15, 0.2) is 0 Å². The van der Waals surface area contributed by atoms with Gasteiger partial charge in [0, 0.05) is 6.54 Å². The second-order valence-electron chi connectivity index (χ2n) is 5.25. The SMILES string of the molecule is CC(C)Cc1ncnc(N2CCCC2C(=O)O)c1I. The Labute approximate surface area is 126 Å². The van der Waals surface area contributed by atoms with Gasteiger partial charge in [0.05, 0.1) is 9.26 Å². The van der Waals surface area contributed by atoms with Crippen molar-refractivity contribution in [2.45, 2.75) is 39.2 Å². The first kappa shape index (κ1) is 14.5. The molecule has 1 aromatic rings. The Bertz CT molecular complexity index is 479. The van der Waals surface area contributed by atoms with Crippen molar-refractivity contribution in [3.05, 3.63) is 15.6 Å². The van der Waals surface area contributed by atoms with E-state index in [4.69, 9.17) is 0 Å². The van der Waals surface area contributed by atoms with Gasteiger partial charge in [-0.05, 0) is 47.8 Å². The van der Waals surface area contributed by atoms with E-state index in [0.717, 1.165) is 34.5 Å². The van der Waals surface area contributed by atoms with Crippen molar-refractivity contribution >= 4 is 34.4 Å². The Morgan fingerprint density at radius 1 is 1.58 bits per heavy atom. The average Bonchev–Trinajstić information content (AvgIpc) is 2.80. The van der Waals surface area contributed by atoms with Crippen LogP contribution in [0.25, 0.3) is 0 Å². The molecule has 19 heavy (non-hydrogen) atoms. The lowest BCUT2D eigenvalue weighted by atomic mass is 10.1. The first-order valence-electron chi connectivity index (χ1n) is 6.49. The maximum atomic E-state index is 11.3.